The van der Waals surface area contributed by atoms with E-state index in [1.54, 1.807) is 20.8 Å². The van der Waals surface area contributed by atoms with Crippen LogP contribution in [0.5, 0.6) is 0 Å². The van der Waals surface area contributed by atoms with E-state index >= 15 is 0 Å². The number of rotatable bonds is 5. The predicted molar refractivity (Wildman–Crippen MR) is 89.3 cm³/mol. The summed E-state index contributed by atoms with van der Waals surface area (Å²) < 4.78 is 5.03. The Balaban J connectivity index is 2.13. The number of imide groups is 1. The van der Waals surface area contributed by atoms with Crippen LogP contribution in [-0.2, 0) is 14.3 Å². The quantitative estimate of drug-likeness (QED) is 0.604. The standard InChI is InChI=1S/C17H29N3O4/c1-6-24-14(22)16(4,5)20-13(21)17(18-15(20)23)7-9-19(10-8-17)11-12(2)3/h12H,6-11H2,1-5H3,(H,18,23). The molecule has 0 bridgehead atoms. The van der Waals surface area contributed by atoms with Gasteiger partial charge in [-0.05, 0) is 39.5 Å². The van der Waals surface area contributed by atoms with E-state index in [4.69, 9.17) is 4.74 Å². The minimum Gasteiger partial charge on any atom is -0.464 e. The molecular weight excluding hydrogens is 310 g/mol. The second-order valence-electron chi connectivity index (χ2n) is 7.63. The van der Waals surface area contributed by atoms with Crippen LogP contribution in [0.1, 0.15) is 47.5 Å². The molecule has 0 aromatic rings. The number of urea groups is 1. The van der Waals surface area contributed by atoms with Gasteiger partial charge < -0.3 is 15.0 Å². The lowest BCUT2D eigenvalue weighted by molar-refractivity contribution is -0.158. The zero-order valence-electron chi connectivity index (χ0n) is 15.3. The molecule has 0 atom stereocenters. The fraction of sp³-hybridized carbons (Fsp3) is 0.824. The van der Waals surface area contributed by atoms with E-state index in [1.807, 2.05) is 0 Å². The number of carbonyl (C=O) groups is 3. The van der Waals surface area contributed by atoms with Crippen molar-refractivity contribution in [1.82, 2.24) is 15.1 Å². The molecule has 7 heteroatoms. The Kier molecular flexibility index (Phi) is 5.22. The average molecular weight is 339 g/mol. The van der Waals surface area contributed by atoms with Crippen LogP contribution in [0.15, 0.2) is 0 Å². The molecule has 2 fully saturated rings. The number of piperidine rings is 1. The average Bonchev–Trinajstić information content (AvgIpc) is 2.72. The van der Waals surface area contributed by atoms with Gasteiger partial charge in [-0.3, -0.25) is 4.79 Å². The van der Waals surface area contributed by atoms with Crippen LogP contribution in [0.4, 0.5) is 4.79 Å². The molecule has 1 spiro atoms. The second kappa shape index (κ2) is 6.70. The maximum Gasteiger partial charge on any atom is 0.332 e. The van der Waals surface area contributed by atoms with Crippen molar-refractivity contribution in [2.45, 2.75) is 58.5 Å². The number of likely N-dealkylation sites (tertiary alicyclic amines) is 1. The van der Waals surface area contributed by atoms with Gasteiger partial charge >= 0.3 is 12.0 Å². The lowest BCUT2D eigenvalue weighted by Gasteiger charge is -2.38. The highest BCUT2D eigenvalue weighted by Crippen LogP contribution is 2.34. The second-order valence-corrected chi connectivity index (χ2v) is 7.63. The van der Waals surface area contributed by atoms with Crippen molar-refractivity contribution in [3.05, 3.63) is 0 Å². The summed E-state index contributed by atoms with van der Waals surface area (Å²) in [6, 6.07) is -0.504. The van der Waals surface area contributed by atoms with Crippen LogP contribution < -0.4 is 5.32 Å². The molecule has 2 aliphatic rings. The highest BCUT2D eigenvalue weighted by atomic mass is 16.5. The van der Waals surface area contributed by atoms with Crippen molar-refractivity contribution in [1.29, 1.82) is 0 Å². The van der Waals surface area contributed by atoms with Crippen molar-refractivity contribution in [3.63, 3.8) is 0 Å². The van der Waals surface area contributed by atoms with Crippen molar-refractivity contribution in [3.8, 4) is 0 Å². The van der Waals surface area contributed by atoms with Crippen molar-refractivity contribution in [2.75, 3.05) is 26.2 Å². The molecule has 2 saturated heterocycles. The first-order valence-electron chi connectivity index (χ1n) is 8.70. The van der Waals surface area contributed by atoms with E-state index < -0.39 is 23.1 Å². The number of hydrogen-bond acceptors (Lipinski definition) is 5. The van der Waals surface area contributed by atoms with Gasteiger partial charge in [0.1, 0.15) is 11.1 Å². The van der Waals surface area contributed by atoms with Gasteiger partial charge in [-0.2, -0.15) is 0 Å². The number of nitrogens with zero attached hydrogens (tertiary/aromatic N) is 2. The summed E-state index contributed by atoms with van der Waals surface area (Å²) >= 11 is 0. The maximum atomic E-state index is 13.0. The largest absolute Gasteiger partial charge is 0.464 e. The normalized spacial score (nSPS) is 21.5. The third-order valence-electron chi connectivity index (χ3n) is 4.83. The van der Waals surface area contributed by atoms with Crippen molar-refractivity contribution in [2.24, 2.45) is 5.92 Å². The first-order valence-corrected chi connectivity index (χ1v) is 8.70. The summed E-state index contributed by atoms with van der Waals surface area (Å²) in [6.07, 6.45) is 1.14. The topological polar surface area (TPSA) is 79.0 Å². The molecule has 0 saturated carbocycles. The lowest BCUT2D eigenvalue weighted by atomic mass is 9.86. The Morgan fingerprint density at radius 3 is 2.38 bits per heavy atom. The molecule has 0 aromatic heterocycles. The number of amides is 3. The van der Waals surface area contributed by atoms with Gasteiger partial charge in [-0.1, -0.05) is 13.8 Å². The molecule has 1 N–H and O–H groups in total. The number of hydrogen-bond donors (Lipinski definition) is 1. The van der Waals surface area contributed by atoms with E-state index in [-0.39, 0.29) is 12.5 Å². The summed E-state index contributed by atoms with van der Waals surface area (Å²) in [6.45, 7) is 11.8. The van der Waals surface area contributed by atoms with Gasteiger partial charge in [0.25, 0.3) is 5.91 Å². The molecule has 24 heavy (non-hydrogen) atoms. The molecule has 0 aliphatic carbocycles. The Bertz CT molecular complexity index is 522. The van der Waals surface area contributed by atoms with E-state index in [0.717, 1.165) is 24.5 Å². The van der Waals surface area contributed by atoms with E-state index in [2.05, 4.69) is 24.1 Å². The number of carbonyl (C=O) groups excluding carboxylic acids is 3. The van der Waals surface area contributed by atoms with Crippen LogP contribution in [0.2, 0.25) is 0 Å². The number of ether oxygens (including phenoxy) is 1. The van der Waals surface area contributed by atoms with E-state index in [1.165, 1.54) is 0 Å². The maximum absolute atomic E-state index is 13.0. The summed E-state index contributed by atoms with van der Waals surface area (Å²) in [7, 11) is 0. The number of esters is 1. The molecular formula is C17H29N3O4. The Hall–Kier alpha value is -1.63. The zero-order chi connectivity index (χ0) is 18.1. The SMILES string of the molecule is CCOC(=O)C(C)(C)N1C(=O)NC2(CCN(CC(C)C)CC2)C1=O. The van der Waals surface area contributed by atoms with Crippen LogP contribution in [0.3, 0.4) is 0 Å². The molecule has 0 radical (unpaired) electrons. The summed E-state index contributed by atoms with van der Waals surface area (Å²) in [5.74, 6) is -0.315. The number of nitrogens with one attached hydrogen (secondary N) is 1. The van der Waals surface area contributed by atoms with Crippen molar-refractivity contribution < 1.29 is 19.1 Å². The third kappa shape index (κ3) is 3.27. The fourth-order valence-corrected chi connectivity index (χ4v) is 3.50. The predicted octanol–water partition coefficient (Wildman–Crippen LogP) is 1.37. The zero-order valence-corrected chi connectivity index (χ0v) is 15.3. The molecule has 7 nitrogen and oxygen atoms in total. The monoisotopic (exact) mass is 339 g/mol. The van der Waals surface area contributed by atoms with Gasteiger partial charge in [0.2, 0.25) is 0 Å². The van der Waals surface area contributed by atoms with Gasteiger partial charge in [0, 0.05) is 19.6 Å². The van der Waals surface area contributed by atoms with Crippen LogP contribution >= 0.6 is 0 Å². The van der Waals surface area contributed by atoms with Crippen LogP contribution in [0.25, 0.3) is 0 Å². The van der Waals surface area contributed by atoms with E-state index in [9.17, 15) is 14.4 Å². The minimum atomic E-state index is -1.31. The smallest absolute Gasteiger partial charge is 0.332 e. The first-order chi connectivity index (χ1) is 11.1. The fourth-order valence-electron chi connectivity index (χ4n) is 3.50. The lowest BCUT2D eigenvalue weighted by Crippen LogP contribution is -2.58. The summed E-state index contributed by atoms with van der Waals surface area (Å²) in [4.78, 5) is 41.0. The summed E-state index contributed by atoms with van der Waals surface area (Å²) in [5, 5.41) is 2.85. The highest BCUT2D eigenvalue weighted by molar-refractivity contribution is 6.10. The molecule has 3 amide bonds. The van der Waals surface area contributed by atoms with Crippen molar-refractivity contribution >= 4 is 17.9 Å². The highest BCUT2D eigenvalue weighted by Gasteiger charge is 2.58. The Morgan fingerprint density at radius 1 is 1.29 bits per heavy atom. The molecule has 2 heterocycles. The summed E-state index contributed by atoms with van der Waals surface area (Å²) in [5.41, 5.74) is -2.19. The van der Waals surface area contributed by atoms with Crippen LogP contribution in [-0.4, -0.2) is 65.0 Å². The Labute approximate surface area is 143 Å². The molecule has 136 valence electrons. The van der Waals surface area contributed by atoms with Gasteiger partial charge in [0.15, 0.2) is 0 Å². The Morgan fingerprint density at radius 2 is 1.88 bits per heavy atom. The van der Waals surface area contributed by atoms with Gasteiger partial charge in [-0.15, -0.1) is 0 Å². The van der Waals surface area contributed by atoms with Gasteiger partial charge in [-0.25, -0.2) is 14.5 Å². The molecule has 0 unspecified atom stereocenters. The molecule has 2 aliphatic heterocycles. The van der Waals surface area contributed by atoms with E-state index in [0.29, 0.717) is 18.8 Å². The van der Waals surface area contributed by atoms with Crippen LogP contribution in [0, 0.1) is 5.92 Å². The molecule has 2 rings (SSSR count). The minimum absolute atomic E-state index is 0.210. The third-order valence-corrected chi connectivity index (χ3v) is 4.83. The molecule has 0 aromatic carbocycles. The first kappa shape index (κ1) is 18.7. The van der Waals surface area contributed by atoms with Gasteiger partial charge in [0.05, 0.1) is 6.61 Å².